The lowest BCUT2D eigenvalue weighted by atomic mass is 10.1. The van der Waals surface area contributed by atoms with E-state index in [0.717, 1.165) is 30.8 Å². The molecule has 0 bridgehead atoms. The van der Waals surface area contributed by atoms with Crippen molar-refractivity contribution in [3.8, 4) is 6.01 Å². The van der Waals surface area contributed by atoms with Crippen LogP contribution in [-0.4, -0.2) is 50.3 Å². The van der Waals surface area contributed by atoms with E-state index in [-0.39, 0.29) is 29.5 Å². The fourth-order valence-electron chi connectivity index (χ4n) is 3.71. The number of nitrogens with zero attached hydrogens (tertiary/aromatic N) is 4. The van der Waals surface area contributed by atoms with E-state index in [1.54, 1.807) is 0 Å². The number of anilines is 1. The number of benzene rings is 1. The monoisotopic (exact) mass is 436 g/mol. The highest BCUT2D eigenvalue weighted by molar-refractivity contribution is 5.81. The second-order valence-corrected chi connectivity index (χ2v) is 7.62. The van der Waals surface area contributed by atoms with Crippen molar-refractivity contribution in [3.05, 3.63) is 45.9 Å². The summed E-state index contributed by atoms with van der Waals surface area (Å²) in [5, 5.41) is 0. The summed E-state index contributed by atoms with van der Waals surface area (Å²) in [6, 6.07) is 7.63. The molecule has 0 spiro atoms. The van der Waals surface area contributed by atoms with Crippen molar-refractivity contribution < 1.29 is 17.9 Å². The van der Waals surface area contributed by atoms with E-state index in [9.17, 15) is 18.0 Å². The highest BCUT2D eigenvalue weighted by Gasteiger charge is 2.27. The van der Waals surface area contributed by atoms with Crippen LogP contribution < -0.4 is 16.2 Å². The first kappa shape index (κ1) is 21.2. The van der Waals surface area contributed by atoms with Crippen LogP contribution in [0.5, 0.6) is 6.01 Å². The predicted octanol–water partition coefficient (Wildman–Crippen LogP) is 2.68. The maximum atomic E-state index is 12.5. The molecule has 1 fully saturated rings. The fourth-order valence-corrected chi connectivity index (χ4v) is 3.71. The normalized spacial score (nSPS) is 15.1. The third-order valence-corrected chi connectivity index (χ3v) is 5.18. The number of ether oxygens (including phenoxy) is 1. The Morgan fingerprint density at radius 1 is 1.13 bits per heavy atom. The summed E-state index contributed by atoms with van der Waals surface area (Å²) in [6.45, 7) is 2.61. The number of hydrogen-bond donors (Lipinski definition) is 2. The van der Waals surface area contributed by atoms with Gasteiger partial charge in [-0.3, -0.25) is 9.47 Å². The number of nitrogen functional groups attached to an aromatic ring is 1. The zero-order valence-corrected chi connectivity index (χ0v) is 16.8. The third-order valence-electron chi connectivity index (χ3n) is 5.18. The molecular formula is C20H23F3N6O2. The Morgan fingerprint density at radius 2 is 1.84 bits per heavy atom. The zero-order chi connectivity index (χ0) is 22.0. The third kappa shape index (κ3) is 5.16. The zero-order valence-electron chi connectivity index (χ0n) is 16.8. The molecule has 31 heavy (non-hydrogen) atoms. The molecule has 0 amide bonds. The number of imidazole rings is 1. The molecule has 0 aliphatic carbocycles. The molecule has 0 saturated carbocycles. The summed E-state index contributed by atoms with van der Waals surface area (Å²) in [5.41, 5.74) is 7.88. The van der Waals surface area contributed by atoms with Gasteiger partial charge in [0.1, 0.15) is 12.1 Å². The van der Waals surface area contributed by atoms with E-state index < -0.39 is 24.9 Å². The Labute approximate surface area is 175 Å². The second-order valence-electron chi connectivity index (χ2n) is 7.62. The van der Waals surface area contributed by atoms with Crippen LogP contribution in [-0.2, 0) is 13.1 Å². The molecule has 1 aliphatic heterocycles. The van der Waals surface area contributed by atoms with Crippen molar-refractivity contribution >= 4 is 17.0 Å². The topological polar surface area (TPSA) is 102 Å². The lowest BCUT2D eigenvalue weighted by Gasteiger charge is -2.15. The first-order valence-corrected chi connectivity index (χ1v) is 10.0. The number of aromatic nitrogens is 4. The molecule has 0 atom stereocenters. The number of alkyl halides is 3. The molecule has 11 heteroatoms. The number of aromatic amines is 1. The van der Waals surface area contributed by atoms with Crippen LogP contribution in [0.4, 0.5) is 19.0 Å². The van der Waals surface area contributed by atoms with Crippen LogP contribution in [0.1, 0.15) is 30.4 Å². The molecule has 1 saturated heterocycles. The van der Waals surface area contributed by atoms with Crippen LogP contribution in [0.2, 0.25) is 0 Å². The summed E-state index contributed by atoms with van der Waals surface area (Å²) >= 11 is 0. The molecule has 1 aliphatic rings. The highest BCUT2D eigenvalue weighted by Crippen LogP contribution is 2.22. The first-order chi connectivity index (χ1) is 14.8. The van der Waals surface area contributed by atoms with Gasteiger partial charge in [0.25, 0.3) is 0 Å². The molecule has 0 unspecified atom stereocenters. The Kier molecular flexibility index (Phi) is 5.86. The molecule has 3 N–H and O–H groups in total. The van der Waals surface area contributed by atoms with Crippen LogP contribution in [0.15, 0.2) is 29.1 Å². The van der Waals surface area contributed by atoms with Gasteiger partial charge in [-0.2, -0.15) is 23.1 Å². The van der Waals surface area contributed by atoms with Crippen LogP contribution in [0.3, 0.4) is 0 Å². The maximum absolute atomic E-state index is 12.5. The quantitative estimate of drug-likeness (QED) is 0.591. The van der Waals surface area contributed by atoms with Crippen LogP contribution in [0.25, 0.3) is 11.2 Å². The van der Waals surface area contributed by atoms with E-state index in [2.05, 4.69) is 19.9 Å². The second kappa shape index (κ2) is 8.58. The number of halogens is 3. The van der Waals surface area contributed by atoms with Crippen LogP contribution in [0, 0.1) is 0 Å². The van der Waals surface area contributed by atoms with Crippen molar-refractivity contribution in [2.45, 2.75) is 38.5 Å². The van der Waals surface area contributed by atoms with Gasteiger partial charge in [0, 0.05) is 6.54 Å². The Hall–Kier alpha value is -3.08. The highest BCUT2D eigenvalue weighted by atomic mass is 19.4. The van der Waals surface area contributed by atoms with Crippen molar-refractivity contribution in [1.82, 2.24) is 24.4 Å². The van der Waals surface area contributed by atoms with E-state index in [1.165, 1.54) is 17.4 Å². The van der Waals surface area contributed by atoms with Gasteiger partial charge in [-0.1, -0.05) is 24.3 Å². The number of likely N-dealkylation sites (tertiary alicyclic amines) is 1. The Bertz CT molecular complexity index is 1120. The molecule has 1 aromatic carbocycles. The fraction of sp³-hybridized carbons (Fsp3) is 0.450. The molecule has 2 aromatic heterocycles. The standard InChI is InChI=1S/C20H23F3N6O2/c21-20(22,23)6-9-31-18-26-16(24)15-17(27-18)29(19(30)25-15)12-14-5-3-4-13(10-14)11-28-7-1-2-8-28/h3-5,10H,1-2,6-9,11-12H2,(H,25,30)(H2,24,26,27). The van der Waals surface area contributed by atoms with E-state index >= 15 is 0 Å². The Balaban J connectivity index is 1.57. The summed E-state index contributed by atoms with van der Waals surface area (Å²) < 4.78 is 43.5. The summed E-state index contributed by atoms with van der Waals surface area (Å²) in [5.74, 6) is -0.0642. The van der Waals surface area contributed by atoms with Crippen molar-refractivity contribution in [2.75, 3.05) is 25.4 Å². The van der Waals surface area contributed by atoms with Gasteiger partial charge < -0.3 is 15.5 Å². The molecule has 3 heterocycles. The summed E-state index contributed by atoms with van der Waals surface area (Å²) in [6.07, 6.45) is -3.08. The number of nitrogens with two attached hydrogens (primary N) is 1. The van der Waals surface area contributed by atoms with Gasteiger partial charge in [0.05, 0.1) is 13.0 Å². The Morgan fingerprint density at radius 3 is 2.55 bits per heavy atom. The van der Waals surface area contributed by atoms with Gasteiger partial charge in [-0.25, -0.2) is 4.79 Å². The molecule has 0 radical (unpaired) electrons. The van der Waals surface area contributed by atoms with Gasteiger partial charge in [0.15, 0.2) is 11.5 Å². The molecule has 166 valence electrons. The lowest BCUT2D eigenvalue weighted by Crippen LogP contribution is -2.19. The van der Waals surface area contributed by atoms with Crippen molar-refractivity contribution in [2.24, 2.45) is 0 Å². The number of fused-ring (bicyclic) bond motifs is 1. The smallest absolute Gasteiger partial charge is 0.392 e. The lowest BCUT2D eigenvalue weighted by molar-refractivity contribution is -0.139. The minimum atomic E-state index is -4.36. The largest absolute Gasteiger partial charge is 0.463 e. The average molecular weight is 436 g/mol. The maximum Gasteiger partial charge on any atom is 0.392 e. The van der Waals surface area contributed by atoms with E-state index in [1.807, 2.05) is 24.3 Å². The molecular weight excluding hydrogens is 413 g/mol. The first-order valence-electron chi connectivity index (χ1n) is 10.0. The SMILES string of the molecule is Nc1nc(OCCC(F)(F)F)nc2c1[nH]c(=O)n2Cc1cccc(CN2CCCC2)c1. The minimum absolute atomic E-state index is 0.0642. The minimum Gasteiger partial charge on any atom is -0.463 e. The summed E-state index contributed by atoms with van der Waals surface area (Å²) in [7, 11) is 0. The van der Waals surface area contributed by atoms with Gasteiger partial charge >= 0.3 is 17.9 Å². The number of hydrogen-bond acceptors (Lipinski definition) is 6. The van der Waals surface area contributed by atoms with Gasteiger partial charge in [-0.05, 0) is 37.1 Å². The number of nitrogens with one attached hydrogen (secondary N) is 1. The summed E-state index contributed by atoms with van der Waals surface area (Å²) in [4.78, 5) is 25.5. The predicted molar refractivity (Wildman–Crippen MR) is 109 cm³/mol. The molecule has 8 nitrogen and oxygen atoms in total. The molecule has 4 rings (SSSR count). The number of H-pyrrole nitrogens is 1. The number of rotatable bonds is 7. The van der Waals surface area contributed by atoms with Crippen LogP contribution >= 0.6 is 0 Å². The molecule has 3 aromatic rings. The van der Waals surface area contributed by atoms with Crippen molar-refractivity contribution in [1.29, 1.82) is 0 Å². The van der Waals surface area contributed by atoms with Gasteiger partial charge in [-0.15, -0.1) is 0 Å². The van der Waals surface area contributed by atoms with E-state index in [4.69, 9.17) is 10.5 Å². The average Bonchev–Trinajstić information content (AvgIpc) is 3.30. The van der Waals surface area contributed by atoms with E-state index in [0.29, 0.717) is 0 Å². The van der Waals surface area contributed by atoms with Gasteiger partial charge in [0.2, 0.25) is 0 Å². The van der Waals surface area contributed by atoms with Crippen molar-refractivity contribution in [3.63, 3.8) is 0 Å².